The molecule has 2 rings (SSSR count). The minimum atomic E-state index is -0.508. The monoisotopic (exact) mass is 263 g/mol. The van der Waals surface area contributed by atoms with E-state index in [4.69, 9.17) is 5.73 Å². The molecule has 1 amide bonds. The first-order valence-corrected chi connectivity index (χ1v) is 6.28. The maximum Gasteiger partial charge on any atom is 0.270 e. The fourth-order valence-electron chi connectivity index (χ4n) is 1.96. The number of carbonyl (C=O) groups is 1. The van der Waals surface area contributed by atoms with Gasteiger partial charge >= 0.3 is 0 Å². The molecule has 1 aliphatic carbocycles. The first-order valence-electron chi connectivity index (χ1n) is 6.28. The molecular weight excluding hydrogens is 246 g/mol. The zero-order valence-corrected chi connectivity index (χ0v) is 10.8. The van der Waals surface area contributed by atoms with Gasteiger partial charge in [0.15, 0.2) is 0 Å². The first kappa shape index (κ1) is 13.5. The van der Waals surface area contributed by atoms with Gasteiger partial charge in [0.25, 0.3) is 11.6 Å². The van der Waals surface area contributed by atoms with E-state index in [1.165, 1.54) is 12.1 Å². The quantitative estimate of drug-likeness (QED) is 0.619. The van der Waals surface area contributed by atoms with Crippen molar-refractivity contribution in [3.05, 3.63) is 39.4 Å². The number of benzene rings is 1. The van der Waals surface area contributed by atoms with Crippen LogP contribution in [0.4, 0.5) is 5.69 Å². The molecule has 19 heavy (non-hydrogen) atoms. The van der Waals surface area contributed by atoms with Crippen molar-refractivity contribution >= 4 is 11.6 Å². The normalized spacial score (nSPS) is 15.9. The van der Waals surface area contributed by atoms with Crippen LogP contribution in [0.3, 0.4) is 0 Å². The number of hydrogen-bond acceptors (Lipinski definition) is 4. The van der Waals surface area contributed by atoms with Crippen molar-refractivity contribution in [2.24, 2.45) is 11.7 Å². The van der Waals surface area contributed by atoms with Crippen LogP contribution in [0.2, 0.25) is 0 Å². The van der Waals surface area contributed by atoms with Crippen molar-refractivity contribution < 1.29 is 9.72 Å². The highest BCUT2D eigenvalue weighted by Crippen LogP contribution is 2.31. The lowest BCUT2D eigenvalue weighted by Gasteiger charge is -2.12. The molecule has 1 fully saturated rings. The van der Waals surface area contributed by atoms with Crippen LogP contribution in [0.5, 0.6) is 0 Å². The Morgan fingerprint density at radius 1 is 1.58 bits per heavy atom. The third kappa shape index (κ3) is 3.29. The van der Waals surface area contributed by atoms with Crippen LogP contribution in [0.15, 0.2) is 18.2 Å². The van der Waals surface area contributed by atoms with Gasteiger partial charge in [-0.25, -0.2) is 0 Å². The highest BCUT2D eigenvalue weighted by Gasteiger charge is 2.28. The van der Waals surface area contributed by atoms with Crippen LogP contribution >= 0.6 is 0 Å². The maximum atomic E-state index is 12.0. The number of nitro groups is 1. The fraction of sp³-hybridized carbons (Fsp3) is 0.462. The second kappa shape index (κ2) is 5.36. The van der Waals surface area contributed by atoms with Gasteiger partial charge in [0.1, 0.15) is 0 Å². The largest absolute Gasteiger partial charge is 0.350 e. The highest BCUT2D eigenvalue weighted by atomic mass is 16.6. The van der Waals surface area contributed by atoms with E-state index in [1.54, 1.807) is 13.0 Å². The Bertz CT molecular complexity index is 512. The van der Waals surface area contributed by atoms with Crippen molar-refractivity contribution in [2.45, 2.75) is 25.8 Å². The molecule has 3 N–H and O–H groups in total. The number of hydrogen-bond donors (Lipinski definition) is 2. The summed E-state index contributed by atoms with van der Waals surface area (Å²) in [5.74, 6) is 0.198. The Balaban J connectivity index is 2.04. The van der Waals surface area contributed by atoms with Gasteiger partial charge in [-0.2, -0.15) is 0 Å². The molecule has 1 atom stereocenters. The predicted molar refractivity (Wildman–Crippen MR) is 70.9 cm³/mol. The van der Waals surface area contributed by atoms with Crippen molar-refractivity contribution in [2.75, 3.05) is 6.54 Å². The molecule has 1 aliphatic rings. The van der Waals surface area contributed by atoms with E-state index in [0.717, 1.165) is 12.8 Å². The van der Waals surface area contributed by atoms with Gasteiger partial charge in [0.2, 0.25) is 0 Å². The van der Waals surface area contributed by atoms with Gasteiger partial charge in [0.05, 0.1) is 4.92 Å². The number of nitrogens with one attached hydrogen (secondary N) is 1. The molecule has 102 valence electrons. The predicted octanol–water partition coefficient (Wildman–Crippen LogP) is 1.37. The van der Waals surface area contributed by atoms with E-state index in [-0.39, 0.29) is 17.6 Å². The standard InChI is InChI=1S/C13H17N3O3/c1-8-2-5-10(16(18)19)6-11(8)13(17)15-7-12(14)9-3-4-9/h2,5-6,9,12H,3-4,7,14H2,1H3,(H,15,17). The maximum absolute atomic E-state index is 12.0. The van der Waals surface area contributed by atoms with Crippen LogP contribution in [-0.2, 0) is 0 Å². The second-order valence-electron chi connectivity index (χ2n) is 4.97. The van der Waals surface area contributed by atoms with Crippen molar-refractivity contribution in [1.82, 2.24) is 5.32 Å². The van der Waals surface area contributed by atoms with Gasteiger partial charge in [-0.3, -0.25) is 14.9 Å². The summed E-state index contributed by atoms with van der Waals surface area (Å²) in [7, 11) is 0. The molecule has 0 radical (unpaired) electrons. The summed E-state index contributed by atoms with van der Waals surface area (Å²) in [5.41, 5.74) is 6.86. The van der Waals surface area contributed by atoms with Gasteiger partial charge < -0.3 is 11.1 Å². The molecule has 6 nitrogen and oxygen atoms in total. The average molecular weight is 263 g/mol. The second-order valence-corrected chi connectivity index (χ2v) is 4.97. The van der Waals surface area contributed by atoms with Crippen LogP contribution in [0.25, 0.3) is 0 Å². The number of amides is 1. The lowest BCUT2D eigenvalue weighted by atomic mass is 10.1. The Kier molecular flexibility index (Phi) is 3.80. The summed E-state index contributed by atoms with van der Waals surface area (Å²) >= 11 is 0. The molecule has 1 aromatic rings. The van der Waals surface area contributed by atoms with Crippen LogP contribution in [-0.4, -0.2) is 23.4 Å². The summed E-state index contributed by atoms with van der Waals surface area (Å²) in [6.07, 6.45) is 2.24. The number of nitro benzene ring substituents is 1. The number of nitrogens with zero attached hydrogens (tertiary/aromatic N) is 1. The summed E-state index contributed by atoms with van der Waals surface area (Å²) in [4.78, 5) is 22.2. The molecule has 1 unspecified atom stereocenters. The summed E-state index contributed by atoms with van der Waals surface area (Å²) in [6, 6.07) is 4.24. The number of nitrogens with two attached hydrogens (primary N) is 1. The van der Waals surface area contributed by atoms with Crippen molar-refractivity contribution in [3.63, 3.8) is 0 Å². The molecule has 1 aromatic carbocycles. The van der Waals surface area contributed by atoms with E-state index in [0.29, 0.717) is 23.6 Å². The lowest BCUT2D eigenvalue weighted by Crippen LogP contribution is -2.38. The first-order chi connectivity index (χ1) is 8.99. The molecule has 0 aliphatic heterocycles. The Labute approximate surface area is 111 Å². The molecule has 6 heteroatoms. The van der Waals surface area contributed by atoms with Gasteiger partial charge in [-0.15, -0.1) is 0 Å². The third-order valence-corrected chi connectivity index (χ3v) is 3.40. The van der Waals surface area contributed by atoms with Crippen molar-refractivity contribution in [3.8, 4) is 0 Å². The summed E-state index contributed by atoms with van der Waals surface area (Å²) in [6.45, 7) is 2.16. The zero-order valence-electron chi connectivity index (χ0n) is 10.8. The van der Waals surface area contributed by atoms with E-state index in [2.05, 4.69) is 5.32 Å². The highest BCUT2D eigenvalue weighted by molar-refractivity contribution is 5.96. The van der Waals surface area contributed by atoms with Crippen LogP contribution in [0, 0.1) is 23.0 Å². The number of carbonyl (C=O) groups excluding carboxylic acids is 1. The van der Waals surface area contributed by atoms with E-state index >= 15 is 0 Å². The number of rotatable bonds is 5. The summed E-state index contributed by atoms with van der Waals surface area (Å²) in [5, 5.41) is 13.4. The van der Waals surface area contributed by atoms with E-state index in [1.807, 2.05) is 0 Å². The molecular formula is C13H17N3O3. The smallest absolute Gasteiger partial charge is 0.270 e. The molecule has 0 heterocycles. The minimum absolute atomic E-state index is 0.0250. The molecule has 0 aromatic heterocycles. The topological polar surface area (TPSA) is 98.3 Å². The van der Waals surface area contributed by atoms with Crippen LogP contribution in [0.1, 0.15) is 28.8 Å². The molecule has 1 saturated carbocycles. The fourth-order valence-corrected chi connectivity index (χ4v) is 1.96. The van der Waals surface area contributed by atoms with E-state index < -0.39 is 4.92 Å². The van der Waals surface area contributed by atoms with Crippen molar-refractivity contribution in [1.29, 1.82) is 0 Å². The number of non-ortho nitro benzene ring substituents is 1. The van der Waals surface area contributed by atoms with Gasteiger partial charge in [-0.05, 0) is 31.2 Å². The zero-order chi connectivity index (χ0) is 14.0. The minimum Gasteiger partial charge on any atom is -0.350 e. The van der Waals surface area contributed by atoms with Gasteiger partial charge in [0, 0.05) is 30.3 Å². The Hall–Kier alpha value is -1.95. The molecule has 0 spiro atoms. The Morgan fingerprint density at radius 2 is 2.26 bits per heavy atom. The SMILES string of the molecule is Cc1ccc([N+](=O)[O-])cc1C(=O)NCC(N)C1CC1. The van der Waals surface area contributed by atoms with E-state index in [9.17, 15) is 14.9 Å². The Morgan fingerprint density at radius 3 is 2.84 bits per heavy atom. The number of aryl methyl sites for hydroxylation is 1. The lowest BCUT2D eigenvalue weighted by molar-refractivity contribution is -0.384. The molecule has 0 bridgehead atoms. The van der Waals surface area contributed by atoms with Gasteiger partial charge in [-0.1, -0.05) is 6.07 Å². The third-order valence-electron chi connectivity index (χ3n) is 3.40. The average Bonchev–Trinajstić information content (AvgIpc) is 3.20. The van der Waals surface area contributed by atoms with Crippen LogP contribution < -0.4 is 11.1 Å². The summed E-state index contributed by atoms with van der Waals surface area (Å²) < 4.78 is 0. The molecule has 0 saturated heterocycles.